The summed E-state index contributed by atoms with van der Waals surface area (Å²) < 4.78 is 1.76. The normalized spacial score (nSPS) is 11.9. The van der Waals surface area contributed by atoms with E-state index in [9.17, 15) is 9.59 Å². The first-order chi connectivity index (χ1) is 13.8. The standard InChI is InChI=1S/C18H19ClN6O2S2/c1-10-8-28-17(20-10)22-14(26)9-29-18-24-23-15(25(18)3)11(2)21-16(27)12-4-6-13(19)7-5-12/h4-8,11H,9H2,1-3H3,(H,21,27)(H,20,22,26)/t11-/m1/s1. The number of rotatable bonds is 7. The number of nitrogens with one attached hydrogen (secondary N) is 2. The average Bonchev–Trinajstić information content (AvgIpc) is 3.25. The van der Waals surface area contributed by atoms with Crippen molar-refractivity contribution >= 4 is 51.6 Å². The molecule has 2 N–H and O–H groups in total. The summed E-state index contributed by atoms with van der Waals surface area (Å²) in [5.41, 5.74) is 1.37. The highest BCUT2D eigenvalue weighted by Crippen LogP contribution is 2.21. The molecule has 1 atom stereocenters. The molecular formula is C18H19ClN6O2S2. The fourth-order valence-corrected chi connectivity index (χ4v) is 4.02. The van der Waals surface area contributed by atoms with Gasteiger partial charge < -0.3 is 15.2 Å². The van der Waals surface area contributed by atoms with Gasteiger partial charge in [0, 0.05) is 23.0 Å². The number of aromatic nitrogens is 4. The molecule has 2 aromatic heterocycles. The van der Waals surface area contributed by atoms with E-state index in [2.05, 4.69) is 25.8 Å². The zero-order valence-corrected chi connectivity index (χ0v) is 18.4. The maximum atomic E-state index is 12.4. The molecule has 3 aromatic rings. The minimum atomic E-state index is -0.364. The van der Waals surface area contributed by atoms with Crippen LogP contribution in [0.15, 0.2) is 34.8 Å². The van der Waals surface area contributed by atoms with Crippen molar-refractivity contribution in [2.45, 2.75) is 25.0 Å². The SMILES string of the molecule is Cc1csc(NC(=O)CSc2nnc([C@@H](C)NC(=O)c3ccc(Cl)cc3)n2C)n1. The lowest BCUT2D eigenvalue weighted by atomic mass is 10.2. The molecule has 11 heteroatoms. The predicted molar refractivity (Wildman–Crippen MR) is 115 cm³/mol. The Morgan fingerprint density at radius 2 is 2.00 bits per heavy atom. The Morgan fingerprint density at radius 1 is 1.28 bits per heavy atom. The van der Waals surface area contributed by atoms with Crippen molar-refractivity contribution in [3.05, 3.63) is 51.7 Å². The number of thiazole rings is 1. The zero-order valence-electron chi connectivity index (χ0n) is 16.0. The minimum absolute atomic E-state index is 0.169. The molecule has 2 amide bonds. The number of hydrogen-bond acceptors (Lipinski definition) is 7. The van der Waals surface area contributed by atoms with Crippen LogP contribution >= 0.6 is 34.7 Å². The Morgan fingerprint density at radius 3 is 2.66 bits per heavy atom. The van der Waals surface area contributed by atoms with Gasteiger partial charge in [-0.1, -0.05) is 23.4 Å². The van der Waals surface area contributed by atoms with Gasteiger partial charge in [-0.25, -0.2) is 4.98 Å². The lowest BCUT2D eigenvalue weighted by Crippen LogP contribution is -2.28. The zero-order chi connectivity index (χ0) is 21.0. The number of hydrogen-bond donors (Lipinski definition) is 2. The van der Waals surface area contributed by atoms with E-state index in [1.54, 1.807) is 35.9 Å². The molecule has 0 aliphatic heterocycles. The fourth-order valence-electron chi connectivity index (χ4n) is 2.47. The van der Waals surface area contributed by atoms with Gasteiger partial charge in [0.05, 0.1) is 17.5 Å². The predicted octanol–water partition coefficient (Wildman–Crippen LogP) is 3.46. The van der Waals surface area contributed by atoms with Crippen LogP contribution in [-0.4, -0.2) is 37.3 Å². The van der Waals surface area contributed by atoms with E-state index in [0.717, 1.165) is 5.69 Å². The number of nitrogens with zero attached hydrogens (tertiary/aromatic N) is 4. The molecule has 0 spiro atoms. The molecule has 152 valence electrons. The van der Waals surface area contributed by atoms with Crippen LogP contribution in [0, 0.1) is 6.92 Å². The second-order valence-electron chi connectivity index (χ2n) is 6.23. The molecule has 2 heterocycles. The molecule has 0 radical (unpaired) electrons. The third kappa shape index (κ3) is 5.55. The Bertz CT molecular complexity index is 1020. The van der Waals surface area contributed by atoms with E-state index in [-0.39, 0.29) is 23.6 Å². The highest BCUT2D eigenvalue weighted by Gasteiger charge is 2.19. The molecule has 0 bridgehead atoms. The molecule has 29 heavy (non-hydrogen) atoms. The van der Waals surface area contributed by atoms with Crippen molar-refractivity contribution in [2.75, 3.05) is 11.1 Å². The van der Waals surface area contributed by atoms with E-state index in [4.69, 9.17) is 11.6 Å². The number of thioether (sulfide) groups is 1. The number of halogens is 1. The van der Waals surface area contributed by atoms with Crippen molar-refractivity contribution in [2.24, 2.45) is 7.05 Å². The molecule has 3 rings (SSSR count). The van der Waals surface area contributed by atoms with Crippen LogP contribution in [-0.2, 0) is 11.8 Å². The van der Waals surface area contributed by atoms with E-state index >= 15 is 0 Å². The average molecular weight is 451 g/mol. The van der Waals surface area contributed by atoms with Crippen molar-refractivity contribution in [1.29, 1.82) is 0 Å². The molecule has 0 fully saturated rings. The summed E-state index contributed by atoms with van der Waals surface area (Å²) in [4.78, 5) is 28.7. The van der Waals surface area contributed by atoms with Gasteiger partial charge in [-0.15, -0.1) is 21.5 Å². The third-order valence-electron chi connectivity index (χ3n) is 3.91. The van der Waals surface area contributed by atoms with Crippen molar-refractivity contribution in [3.8, 4) is 0 Å². The molecule has 0 aliphatic carbocycles. The van der Waals surface area contributed by atoms with E-state index in [1.807, 2.05) is 19.2 Å². The van der Waals surface area contributed by atoms with Crippen LogP contribution in [0.3, 0.4) is 0 Å². The summed E-state index contributed by atoms with van der Waals surface area (Å²) in [6.45, 7) is 3.69. The topological polar surface area (TPSA) is 102 Å². The van der Waals surface area contributed by atoms with Crippen molar-refractivity contribution in [3.63, 3.8) is 0 Å². The Labute approximate surface area is 181 Å². The molecule has 1 aromatic carbocycles. The first-order valence-electron chi connectivity index (χ1n) is 8.64. The van der Waals surface area contributed by atoms with Gasteiger partial charge in [0.25, 0.3) is 5.91 Å². The summed E-state index contributed by atoms with van der Waals surface area (Å²) in [5.74, 6) is 0.365. The monoisotopic (exact) mass is 450 g/mol. The number of carbonyl (C=O) groups is 2. The van der Waals surface area contributed by atoms with Crippen LogP contribution < -0.4 is 10.6 Å². The number of amides is 2. The van der Waals surface area contributed by atoms with Crippen LogP contribution in [0.2, 0.25) is 5.02 Å². The summed E-state index contributed by atoms with van der Waals surface area (Å²) in [7, 11) is 1.80. The van der Waals surface area contributed by atoms with E-state index in [0.29, 0.717) is 26.7 Å². The van der Waals surface area contributed by atoms with Gasteiger partial charge in [0.15, 0.2) is 16.1 Å². The smallest absolute Gasteiger partial charge is 0.251 e. The van der Waals surface area contributed by atoms with E-state index < -0.39 is 0 Å². The first-order valence-corrected chi connectivity index (χ1v) is 10.9. The summed E-state index contributed by atoms with van der Waals surface area (Å²) >= 11 is 8.50. The molecule has 0 unspecified atom stereocenters. The van der Waals surface area contributed by atoms with Gasteiger partial charge in [-0.05, 0) is 38.1 Å². The highest BCUT2D eigenvalue weighted by molar-refractivity contribution is 7.99. The van der Waals surface area contributed by atoms with Crippen LogP contribution in [0.1, 0.15) is 34.8 Å². The van der Waals surface area contributed by atoms with Gasteiger partial charge in [-0.2, -0.15) is 0 Å². The molecule has 0 saturated heterocycles. The van der Waals surface area contributed by atoms with Crippen LogP contribution in [0.4, 0.5) is 5.13 Å². The Kier molecular flexibility index (Phi) is 6.88. The van der Waals surface area contributed by atoms with Gasteiger partial charge in [-0.3, -0.25) is 9.59 Å². The lowest BCUT2D eigenvalue weighted by Gasteiger charge is -2.13. The first kappa shape index (κ1) is 21.3. The quantitative estimate of drug-likeness (QED) is 0.534. The Balaban J connectivity index is 1.57. The van der Waals surface area contributed by atoms with Crippen molar-refractivity contribution < 1.29 is 9.59 Å². The third-order valence-corrected chi connectivity index (χ3v) is 6.06. The summed E-state index contributed by atoms with van der Waals surface area (Å²) in [5, 5.41) is 17.5. The summed E-state index contributed by atoms with van der Waals surface area (Å²) in [6.07, 6.45) is 0. The maximum absolute atomic E-state index is 12.4. The lowest BCUT2D eigenvalue weighted by molar-refractivity contribution is -0.113. The van der Waals surface area contributed by atoms with Crippen LogP contribution in [0.5, 0.6) is 0 Å². The molecule has 8 nitrogen and oxygen atoms in total. The molecule has 0 aliphatic rings. The number of benzene rings is 1. The highest BCUT2D eigenvalue weighted by atomic mass is 35.5. The second-order valence-corrected chi connectivity index (χ2v) is 8.47. The minimum Gasteiger partial charge on any atom is -0.342 e. The Hall–Kier alpha value is -2.43. The largest absolute Gasteiger partial charge is 0.342 e. The fraction of sp³-hybridized carbons (Fsp3) is 0.278. The van der Waals surface area contributed by atoms with Crippen molar-refractivity contribution in [1.82, 2.24) is 25.1 Å². The van der Waals surface area contributed by atoms with Gasteiger partial charge in [0.2, 0.25) is 5.91 Å². The molecular weight excluding hydrogens is 432 g/mol. The maximum Gasteiger partial charge on any atom is 0.251 e. The number of carbonyl (C=O) groups excluding carboxylic acids is 2. The van der Waals surface area contributed by atoms with Crippen LogP contribution in [0.25, 0.3) is 0 Å². The molecule has 0 saturated carbocycles. The van der Waals surface area contributed by atoms with E-state index in [1.165, 1.54) is 23.1 Å². The summed E-state index contributed by atoms with van der Waals surface area (Å²) in [6, 6.07) is 6.28. The number of anilines is 1. The van der Waals surface area contributed by atoms with Gasteiger partial charge >= 0.3 is 0 Å². The number of aryl methyl sites for hydroxylation is 1. The van der Waals surface area contributed by atoms with Gasteiger partial charge in [0.1, 0.15) is 0 Å². The second kappa shape index (κ2) is 9.38.